The zero-order valence-electron chi connectivity index (χ0n) is 9.36. The predicted octanol–water partition coefficient (Wildman–Crippen LogP) is 1.07. The van der Waals surface area contributed by atoms with Crippen molar-refractivity contribution >= 4 is 5.91 Å². The SMILES string of the molecule is CC1CC1CNC(=O)c1n[nH]c(C2CC2)n1. The van der Waals surface area contributed by atoms with E-state index in [2.05, 4.69) is 27.4 Å². The molecule has 2 atom stereocenters. The summed E-state index contributed by atoms with van der Waals surface area (Å²) in [6, 6.07) is 0. The van der Waals surface area contributed by atoms with Gasteiger partial charge in [-0.15, -0.1) is 5.10 Å². The fraction of sp³-hybridized carbons (Fsp3) is 0.727. The van der Waals surface area contributed by atoms with Gasteiger partial charge >= 0.3 is 0 Å². The molecule has 0 aliphatic heterocycles. The van der Waals surface area contributed by atoms with Crippen LogP contribution in [0.4, 0.5) is 0 Å². The van der Waals surface area contributed by atoms with Crippen molar-refractivity contribution in [2.24, 2.45) is 11.8 Å². The normalized spacial score (nSPS) is 27.8. The summed E-state index contributed by atoms with van der Waals surface area (Å²) in [5.74, 6) is 2.93. The minimum atomic E-state index is -0.151. The number of rotatable bonds is 4. The van der Waals surface area contributed by atoms with Crippen molar-refractivity contribution in [2.75, 3.05) is 6.54 Å². The van der Waals surface area contributed by atoms with Crippen LogP contribution >= 0.6 is 0 Å². The second kappa shape index (κ2) is 3.57. The molecule has 2 N–H and O–H groups in total. The quantitative estimate of drug-likeness (QED) is 0.797. The zero-order valence-corrected chi connectivity index (χ0v) is 9.36. The Morgan fingerprint density at radius 2 is 2.31 bits per heavy atom. The molecule has 0 radical (unpaired) electrons. The van der Waals surface area contributed by atoms with Crippen LogP contribution in [0.5, 0.6) is 0 Å². The van der Waals surface area contributed by atoms with Crippen molar-refractivity contribution in [1.82, 2.24) is 20.5 Å². The van der Waals surface area contributed by atoms with Gasteiger partial charge in [-0.3, -0.25) is 9.89 Å². The Bertz CT molecular complexity index is 410. The van der Waals surface area contributed by atoms with Gasteiger partial charge in [-0.25, -0.2) is 4.98 Å². The summed E-state index contributed by atoms with van der Waals surface area (Å²) in [5, 5.41) is 9.67. The van der Waals surface area contributed by atoms with E-state index >= 15 is 0 Å². The number of carbonyl (C=O) groups is 1. The van der Waals surface area contributed by atoms with Crippen LogP contribution in [0.2, 0.25) is 0 Å². The van der Waals surface area contributed by atoms with Crippen LogP contribution < -0.4 is 5.32 Å². The number of aromatic amines is 1. The maximum Gasteiger partial charge on any atom is 0.290 e. The molecule has 5 heteroatoms. The molecule has 0 saturated heterocycles. The predicted molar refractivity (Wildman–Crippen MR) is 58.0 cm³/mol. The number of hydrogen-bond acceptors (Lipinski definition) is 3. The van der Waals surface area contributed by atoms with Crippen molar-refractivity contribution < 1.29 is 4.79 Å². The number of nitrogens with zero attached hydrogens (tertiary/aromatic N) is 2. The van der Waals surface area contributed by atoms with Crippen LogP contribution in [0.3, 0.4) is 0 Å². The Balaban J connectivity index is 1.55. The second-order valence-corrected chi connectivity index (χ2v) is 5.00. The fourth-order valence-electron chi connectivity index (χ4n) is 1.90. The first kappa shape index (κ1) is 9.81. The molecule has 0 bridgehead atoms. The number of amides is 1. The van der Waals surface area contributed by atoms with Gasteiger partial charge in [0.2, 0.25) is 5.82 Å². The van der Waals surface area contributed by atoms with E-state index in [0.717, 1.165) is 31.1 Å². The number of aromatic nitrogens is 3. The fourth-order valence-corrected chi connectivity index (χ4v) is 1.90. The first-order chi connectivity index (χ1) is 7.74. The molecule has 86 valence electrons. The lowest BCUT2D eigenvalue weighted by atomic mass is 10.3. The van der Waals surface area contributed by atoms with Gasteiger partial charge in [-0.05, 0) is 31.1 Å². The molecule has 3 rings (SSSR count). The van der Waals surface area contributed by atoms with E-state index in [-0.39, 0.29) is 11.7 Å². The largest absolute Gasteiger partial charge is 0.349 e. The Labute approximate surface area is 94.0 Å². The van der Waals surface area contributed by atoms with Gasteiger partial charge in [0.15, 0.2) is 0 Å². The minimum Gasteiger partial charge on any atom is -0.349 e. The molecule has 2 aliphatic carbocycles. The van der Waals surface area contributed by atoms with Crippen molar-refractivity contribution in [3.63, 3.8) is 0 Å². The first-order valence-corrected chi connectivity index (χ1v) is 5.94. The Morgan fingerprint density at radius 1 is 1.56 bits per heavy atom. The molecule has 5 nitrogen and oxygen atoms in total. The lowest BCUT2D eigenvalue weighted by Gasteiger charge is -1.99. The number of carbonyl (C=O) groups excluding carboxylic acids is 1. The Morgan fingerprint density at radius 3 is 2.94 bits per heavy atom. The Hall–Kier alpha value is -1.39. The first-order valence-electron chi connectivity index (χ1n) is 5.94. The number of nitrogens with one attached hydrogen (secondary N) is 2. The van der Waals surface area contributed by atoms with E-state index in [1.807, 2.05) is 0 Å². The molecule has 1 aromatic rings. The molecule has 0 spiro atoms. The highest BCUT2D eigenvalue weighted by Gasteiger charge is 2.33. The molecule has 2 saturated carbocycles. The lowest BCUT2D eigenvalue weighted by molar-refractivity contribution is 0.0941. The van der Waals surface area contributed by atoms with E-state index in [9.17, 15) is 4.79 Å². The second-order valence-electron chi connectivity index (χ2n) is 5.00. The monoisotopic (exact) mass is 220 g/mol. The molecule has 2 fully saturated rings. The van der Waals surface area contributed by atoms with E-state index in [0.29, 0.717) is 11.8 Å². The summed E-state index contributed by atoms with van der Waals surface area (Å²) in [7, 11) is 0. The summed E-state index contributed by atoms with van der Waals surface area (Å²) < 4.78 is 0. The van der Waals surface area contributed by atoms with Gasteiger partial charge in [0.25, 0.3) is 5.91 Å². The van der Waals surface area contributed by atoms with Gasteiger partial charge in [-0.2, -0.15) is 0 Å². The van der Waals surface area contributed by atoms with Crippen LogP contribution in [-0.4, -0.2) is 27.6 Å². The van der Waals surface area contributed by atoms with Crippen molar-refractivity contribution in [3.8, 4) is 0 Å². The van der Waals surface area contributed by atoms with Crippen molar-refractivity contribution in [1.29, 1.82) is 0 Å². The van der Waals surface area contributed by atoms with Crippen molar-refractivity contribution in [2.45, 2.75) is 32.1 Å². The Kier molecular flexibility index (Phi) is 2.19. The standard InChI is InChI=1S/C11H16N4O/c1-6-4-8(6)5-12-11(16)10-13-9(14-15-10)7-2-3-7/h6-8H,2-5H2,1H3,(H,12,16)(H,13,14,15). The zero-order chi connectivity index (χ0) is 11.1. The maximum atomic E-state index is 11.7. The van der Waals surface area contributed by atoms with Gasteiger partial charge in [-0.1, -0.05) is 6.92 Å². The molecule has 16 heavy (non-hydrogen) atoms. The highest BCUT2D eigenvalue weighted by atomic mass is 16.2. The molecular formula is C11H16N4O. The van der Waals surface area contributed by atoms with Gasteiger partial charge < -0.3 is 5.32 Å². The highest BCUT2D eigenvalue weighted by molar-refractivity contribution is 5.90. The molecule has 2 aliphatic rings. The lowest BCUT2D eigenvalue weighted by Crippen LogP contribution is -2.26. The average molecular weight is 220 g/mol. The van der Waals surface area contributed by atoms with Crippen molar-refractivity contribution in [3.05, 3.63) is 11.6 Å². The van der Waals surface area contributed by atoms with Crippen LogP contribution in [0, 0.1) is 11.8 Å². The third kappa shape index (κ3) is 1.94. The summed E-state index contributed by atoms with van der Waals surface area (Å²) in [5.41, 5.74) is 0. The van der Waals surface area contributed by atoms with Crippen LogP contribution in [0.1, 0.15) is 48.5 Å². The van der Waals surface area contributed by atoms with Crippen LogP contribution in [-0.2, 0) is 0 Å². The topological polar surface area (TPSA) is 70.7 Å². The molecule has 1 amide bonds. The molecule has 1 heterocycles. The summed E-state index contributed by atoms with van der Waals surface area (Å²) in [6.07, 6.45) is 3.55. The summed E-state index contributed by atoms with van der Waals surface area (Å²) in [4.78, 5) is 15.9. The summed E-state index contributed by atoms with van der Waals surface area (Å²) in [6.45, 7) is 2.96. The number of hydrogen-bond donors (Lipinski definition) is 2. The van der Waals surface area contributed by atoms with Gasteiger partial charge in [0.1, 0.15) is 5.82 Å². The third-order valence-corrected chi connectivity index (χ3v) is 3.47. The van der Waals surface area contributed by atoms with Gasteiger partial charge in [0, 0.05) is 12.5 Å². The summed E-state index contributed by atoms with van der Waals surface area (Å²) >= 11 is 0. The third-order valence-electron chi connectivity index (χ3n) is 3.47. The number of H-pyrrole nitrogens is 1. The van der Waals surface area contributed by atoms with E-state index < -0.39 is 0 Å². The molecule has 0 aromatic carbocycles. The van der Waals surface area contributed by atoms with E-state index in [4.69, 9.17) is 0 Å². The minimum absolute atomic E-state index is 0.151. The van der Waals surface area contributed by atoms with Crippen LogP contribution in [0.25, 0.3) is 0 Å². The average Bonchev–Trinajstić information content (AvgIpc) is 3.18. The maximum absolute atomic E-state index is 11.7. The molecule has 1 aromatic heterocycles. The van der Waals surface area contributed by atoms with E-state index in [1.165, 1.54) is 6.42 Å². The molecular weight excluding hydrogens is 204 g/mol. The highest BCUT2D eigenvalue weighted by Crippen LogP contribution is 2.38. The smallest absolute Gasteiger partial charge is 0.290 e. The van der Waals surface area contributed by atoms with Crippen LogP contribution in [0.15, 0.2) is 0 Å². The van der Waals surface area contributed by atoms with E-state index in [1.54, 1.807) is 0 Å². The van der Waals surface area contributed by atoms with Gasteiger partial charge in [0.05, 0.1) is 0 Å². The molecule has 2 unspecified atom stereocenters.